The number of piperazine rings is 1. The van der Waals surface area contributed by atoms with Crippen LogP contribution in [0.3, 0.4) is 0 Å². The molecule has 0 bridgehead atoms. The number of carbonyl (C=O) groups is 1. The summed E-state index contributed by atoms with van der Waals surface area (Å²) in [7, 11) is 0. The van der Waals surface area contributed by atoms with E-state index in [2.05, 4.69) is 14.8 Å². The molecule has 26 heavy (non-hydrogen) atoms. The maximum Gasteiger partial charge on any atom is 0.224 e. The van der Waals surface area contributed by atoms with E-state index in [1.807, 2.05) is 16.7 Å². The SMILES string of the molecule is NC(=NCCC(=O)N1CCN(c2ccc(F)cc2)CC1)N1CCSCC1. The second kappa shape index (κ2) is 9.12. The fraction of sp³-hybridized carbons (Fsp3) is 0.556. The summed E-state index contributed by atoms with van der Waals surface area (Å²) in [6.45, 7) is 5.17. The van der Waals surface area contributed by atoms with Crippen molar-refractivity contribution in [2.45, 2.75) is 6.42 Å². The Bertz CT molecular complexity index is 625. The molecule has 0 radical (unpaired) electrons. The Kier molecular flexibility index (Phi) is 6.60. The highest BCUT2D eigenvalue weighted by Gasteiger charge is 2.21. The van der Waals surface area contributed by atoms with E-state index in [4.69, 9.17) is 5.73 Å². The quantitative estimate of drug-likeness (QED) is 0.630. The number of hydrogen-bond donors (Lipinski definition) is 1. The van der Waals surface area contributed by atoms with E-state index < -0.39 is 0 Å². The molecule has 2 saturated heterocycles. The standard InChI is InChI=1S/C18H26FN5OS/c19-15-1-3-16(4-2-15)22-7-9-23(10-8-22)17(25)5-6-21-18(20)24-11-13-26-14-12-24/h1-4H,5-14H2,(H2,20,21). The first-order valence-electron chi connectivity index (χ1n) is 9.04. The Labute approximate surface area is 158 Å². The fourth-order valence-electron chi connectivity index (χ4n) is 3.18. The molecule has 3 rings (SSSR count). The minimum absolute atomic E-state index is 0.120. The highest BCUT2D eigenvalue weighted by atomic mass is 32.2. The summed E-state index contributed by atoms with van der Waals surface area (Å²) in [4.78, 5) is 22.9. The number of aliphatic imine (C=N–C) groups is 1. The van der Waals surface area contributed by atoms with Gasteiger partial charge in [0.05, 0.1) is 6.54 Å². The van der Waals surface area contributed by atoms with Crippen molar-refractivity contribution in [2.75, 3.05) is 62.2 Å². The number of halogens is 1. The smallest absolute Gasteiger partial charge is 0.224 e. The lowest BCUT2D eigenvalue weighted by Crippen LogP contribution is -2.49. The molecule has 0 saturated carbocycles. The first-order valence-corrected chi connectivity index (χ1v) is 10.2. The van der Waals surface area contributed by atoms with E-state index in [0.717, 1.165) is 43.4 Å². The van der Waals surface area contributed by atoms with Crippen molar-refractivity contribution in [1.29, 1.82) is 0 Å². The zero-order chi connectivity index (χ0) is 18.4. The van der Waals surface area contributed by atoms with Gasteiger partial charge in [0.15, 0.2) is 5.96 Å². The van der Waals surface area contributed by atoms with Crippen molar-refractivity contribution in [2.24, 2.45) is 10.7 Å². The number of benzene rings is 1. The van der Waals surface area contributed by atoms with Gasteiger partial charge >= 0.3 is 0 Å². The van der Waals surface area contributed by atoms with Crippen LogP contribution in [0.15, 0.2) is 29.3 Å². The summed E-state index contributed by atoms with van der Waals surface area (Å²) in [6, 6.07) is 6.50. The fourth-order valence-corrected chi connectivity index (χ4v) is 4.09. The highest BCUT2D eigenvalue weighted by molar-refractivity contribution is 7.99. The first-order chi connectivity index (χ1) is 12.6. The van der Waals surface area contributed by atoms with Gasteiger partial charge in [-0.2, -0.15) is 11.8 Å². The lowest BCUT2D eigenvalue weighted by atomic mass is 10.2. The number of nitrogens with zero attached hydrogens (tertiary/aromatic N) is 4. The molecule has 2 fully saturated rings. The monoisotopic (exact) mass is 379 g/mol. The minimum atomic E-state index is -0.231. The molecule has 1 amide bonds. The van der Waals surface area contributed by atoms with E-state index in [9.17, 15) is 9.18 Å². The molecule has 1 aromatic carbocycles. The van der Waals surface area contributed by atoms with Crippen LogP contribution in [-0.2, 0) is 4.79 Å². The van der Waals surface area contributed by atoms with E-state index >= 15 is 0 Å². The molecular weight excluding hydrogens is 353 g/mol. The molecule has 2 heterocycles. The number of rotatable bonds is 4. The number of guanidine groups is 1. The molecule has 6 nitrogen and oxygen atoms in total. The van der Waals surface area contributed by atoms with Crippen molar-refractivity contribution >= 4 is 29.3 Å². The number of anilines is 1. The van der Waals surface area contributed by atoms with Gasteiger partial charge in [-0.25, -0.2) is 4.39 Å². The molecule has 0 spiro atoms. The Hall–Kier alpha value is -1.96. The van der Waals surface area contributed by atoms with Crippen molar-refractivity contribution in [3.63, 3.8) is 0 Å². The zero-order valence-corrected chi connectivity index (χ0v) is 15.8. The topological polar surface area (TPSA) is 65.2 Å². The highest BCUT2D eigenvalue weighted by Crippen LogP contribution is 2.17. The average Bonchev–Trinajstić information content (AvgIpc) is 2.69. The normalized spacial score (nSPS) is 19.0. The van der Waals surface area contributed by atoms with Gasteiger partial charge in [-0.3, -0.25) is 9.79 Å². The van der Waals surface area contributed by atoms with E-state index in [1.165, 1.54) is 12.1 Å². The van der Waals surface area contributed by atoms with E-state index in [-0.39, 0.29) is 11.7 Å². The second-order valence-corrected chi connectivity index (χ2v) is 7.66. The van der Waals surface area contributed by atoms with Crippen LogP contribution in [0.25, 0.3) is 0 Å². The van der Waals surface area contributed by atoms with Crippen LogP contribution >= 0.6 is 11.8 Å². The molecule has 0 atom stereocenters. The van der Waals surface area contributed by atoms with Crippen LogP contribution in [0.1, 0.15) is 6.42 Å². The molecule has 2 aliphatic rings. The third-order valence-corrected chi connectivity index (χ3v) is 5.70. The molecule has 0 aromatic heterocycles. The third-order valence-electron chi connectivity index (χ3n) is 4.76. The average molecular weight is 380 g/mol. The summed E-state index contributed by atoms with van der Waals surface area (Å²) in [5.74, 6) is 2.60. The molecule has 142 valence electrons. The second-order valence-electron chi connectivity index (χ2n) is 6.43. The maximum absolute atomic E-state index is 13.0. The Morgan fingerprint density at radius 1 is 1.04 bits per heavy atom. The van der Waals surface area contributed by atoms with Gasteiger partial charge in [0.25, 0.3) is 0 Å². The Morgan fingerprint density at radius 2 is 1.69 bits per heavy atom. The summed E-state index contributed by atoms with van der Waals surface area (Å²) in [6.07, 6.45) is 0.389. The Morgan fingerprint density at radius 3 is 2.35 bits per heavy atom. The van der Waals surface area contributed by atoms with Gasteiger partial charge in [-0.15, -0.1) is 0 Å². The zero-order valence-electron chi connectivity index (χ0n) is 14.9. The summed E-state index contributed by atoms with van der Waals surface area (Å²) >= 11 is 1.93. The summed E-state index contributed by atoms with van der Waals surface area (Å²) in [5, 5.41) is 0. The van der Waals surface area contributed by atoms with Crippen molar-refractivity contribution in [3.8, 4) is 0 Å². The summed E-state index contributed by atoms with van der Waals surface area (Å²) < 4.78 is 13.0. The molecule has 8 heteroatoms. The molecular formula is C18H26FN5OS. The van der Waals surface area contributed by atoms with Crippen LogP contribution < -0.4 is 10.6 Å². The van der Waals surface area contributed by atoms with Gasteiger partial charge in [-0.05, 0) is 24.3 Å². The van der Waals surface area contributed by atoms with E-state index in [1.54, 1.807) is 12.1 Å². The summed E-state index contributed by atoms with van der Waals surface area (Å²) in [5.41, 5.74) is 7.01. The predicted octanol–water partition coefficient (Wildman–Crippen LogP) is 1.23. The first kappa shape index (κ1) is 18.8. The van der Waals surface area contributed by atoms with Crippen molar-refractivity contribution < 1.29 is 9.18 Å². The van der Waals surface area contributed by atoms with Gasteiger partial charge in [0.1, 0.15) is 5.82 Å². The van der Waals surface area contributed by atoms with E-state index in [0.29, 0.717) is 32.0 Å². The van der Waals surface area contributed by atoms with Crippen LogP contribution in [0.5, 0.6) is 0 Å². The van der Waals surface area contributed by atoms with Crippen LogP contribution in [0.2, 0.25) is 0 Å². The maximum atomic E-state index is 13.0. The molecule has 0 unspecified atom stereocenters. The number of carbonyl (C=O) groups excluding carboxylic acids is 1. The lowest BCUT2D eigenvalue weighted by molar-refractivity contribution is -0.131. The van der Waals surface area contributed by atoms with Gasteiger partial charge in [-0.1, -0.05) is 0 Å². The number of amides is 1. The van der Waals surface area contributed by atoms with Crippen molar-refractivity contribution in [1.82, 2.24) is 9.80 Å². The molecule has 2 aliphatic heterocycles. The number of thioether (sulfide) groups is 1. The van der Waals surface area contributed by atoms with Crippen molar-refractivity contribution in [3.05, 3.63) is 30.1 Å². The molecule has 2 N–H and O–H groups in total. The molecule has 0 aliphatic carbocycles. The third kappa shape index (κ3) is 5.03. The number of nitrogens with two attached hydrogens (primary N) is 1. The number of hydrogen-bond acceptors (Lipinski definition) is 4. The van der Waals surface area contributed by atoms with Gasteiger partial charge in [0.2, 0.25) is 5.91 Å². The van der Waals surface area contributed by atoms with Gasteiger partial charge in [0, 0.05) is 62.9 Å². The van der Waals surface area contributed by atoms with Crippen LogP contribution in [0, 0.1) is 5.82 Å². The van der Waals surface area contributed by atoms with Gasteiger partial charge < -0.3 is 20.4 Å². The molecule has 1 aromatic rings. The predicted molar refractivity (Wildman–Crippen MR) is 105 cm³/mol. The lowest BCUT2D eigenvalue weighted by Gasteiger charge is -2.36. The largest absolute Gasteiger partial charge is 0.370 e. The van der Waals surface area contributed by atoms with Crippen LogP contribution in [-0.4, -0.2) is 79.0 Å². The minimum Gasteiger partial charge on any atom is -0.370 e. The Balaban J connectivity index is 1.41. The van der Waals surface area contributed by atoms with Crippen LogP contribution in [0.4, 0.5) is 10.1 Å².